The maximum Gasteiger partial charge on any atom is 0.320 e. The summed E-state index contributed by atoms with van der Waals surface area (Å²) in [6.07, 6.45) is 0.970. The van der Waals surface area contributed by atoms with E-state index in [1.165, 1.54) is 12.1 Å². The van der Waals surface area contributed by atoms with E-state index in [0.717, 1.165) is 30.5 Å². The lowest BCUT2D eigenvalue weighted by Crippen LogP contribution is -2.25. The molecule has 2 N–H and O–H groups in total. The molecule has 180 valence electrons. The summed E-state index contributed by atoms with van der Waals surface area (Å²) in [5.41, 5.74) is -1.11. The number of rotatable bonds is 8. The zero-order chi connectivity index (χ0) is 25.3. The number of aliphatic carboxylic acids is 1. The molecule has 3 aromatic rings. The van der Waals surface area contributed by atoms with Crippen molar-refractivity contribution in [3.05, 3.63) is 87.5 Å². The molecule has 3 rings (SSSR count). The molecule has 1 heterocycles. The lowest BCUT2D eigenvalue weighted by molar-refractivity contribution is -0.134. The van der Waals surface area contributed by atoms with Gasteiger partial charge in [-0.05, 0) is 48.5 Å². The molecule has 0 amide bonds. The molecule has 0 aliphatic carbocycles. The van der Waals surface area contributed by atoms with Gasteiger partial charge in [-0.1, -0.05) is 23.2 Å². The lowest BCUT2D eigenvalue weighted by Gasteiger charge is -2.22. The Labute approximate surface area is 203 Å². The SMILES string of the molecule is O=C(O)CS(=O)(=O)Nc1ncc(Cl)cc1C(c1cc(F)ccc1F)S(=O)(=O)c1ccc(Cl)cc1. The monoisotopic (exact) mass is 550 g/mol. The Morgan fingerprint density at radius 1 is 0.971 bits per heavy atom. The highest BCUT2D eigenvalue weighted by atomic mass is 35.5. The number of benzene rings is 2. The minimum Gasteiger partial charge on any atom is -0.480 e. The molecule has 0 fully saturated rings. The smallest absolute Gasteiger partial charge is 0.320 e. The zero-order valence-corrected chi connectivity index (χ0v) is 19.9. The number of anilines is 1. The lowest BCUT2D eigenvalue weighted by atomic mass is 10.0. The largest absolute Gasteiger partial charge is 0.480 e. The van der Waals surface area contributed by atoms with Gasteiger partial charge in [0, 0.05) is 22.3 Å². The van der Waals surface area contributed by atoms with Crippen molar-refractivity contribution in [1.29, 1.82) is 0 Å². The van der Waals surface area contributed by atoms with Gasteiger partial charge in [0.1, 0.15) is 22.7 Å². The van der Waals surface area contributed by atoms with E-state index in [1.54, 1.807) is 0 Å². The molecule has 0 spiro atoms. The summed E-state index contributed by atoms with van der Waals surface area (Å²) < 4.78 is 82.5. The number of sulfone groups is 1. The van der Waals surface area contributed by atoms with E-state index < -0.39 is 65.4 Å². The van der Waals surface area contributed by atoms with Gasteiger partial charge in [-0.3, -0.25) is 9.52 Å². The van der Waals surface area contributed by atoms with Gasteiger partial charge < -0.3 is 5.11 Å². The van der Waals surface area contributed by atoms with Crippen molar-refractivity contribution in [1.82, 2.24) is 4.98 Å². The Bertz CT molecular complexity index is 1470. The first-order valence-corrected chi connectivity index (χ1v) is 13.1. The summed E-state index contributed by atoms with van der Waals surface area (Å²) in [7, 11) is -9.15. The average Bonchev–Trinajstić information content (AvgIpc) is 2.72. The van der Waals surface area contributed by atoms with Gasteiger partial charge in [-0.15, -0.1) is 0 Å². The van der Waals surface area contributed by atoms with Crippen LogP contribution >= 0.6 is 23.2 Å². The number of pyridine rings is 1. The third kappa shape index (κ3) is 5.81. The molecule has 34 heavy (non-hydrogen) atoms. The van der Waals surface area contributed by atoms with Crippen molar-refractivity contribution in [2.75, 3.05) is 10.5 Å². The average molecular weight is 551 g/mol. The van der Waals surface area contributed by atoms with Crippen LogP contribution in [0.3, 0.4) is 0 Å². The minimum absolute atomic E-state index is 0.149. The number of nitrogens with zero attached hydrogens (tertiary/aromatic N) is 1. The Balaban J connectivity index is 2.32. The maximum atomic E-state index is 14.8. The molecule has 14 heteroatoms. The van der Waals surface area contributed by atoms with Crippen LogP contribution < -0.4 is 4.72 Å². The third-order valence-corrected chi connectivity index (χ3v) is 8.07. The molecule has 0 bridgehead atoms. The predicted molar refractivity (Wildman–Crippen MR) is 121 cm³/mol. The van der Waals surface area contributed by atoms with Gasteiger partial charge in [-0.2, -0.15) is 0 Å². The normalized spacial score (nSPS) is 12.8. The van der Waals surface area contributed by atoms with Crippen LogP contribution in [0.2, 0.25) is 10.0 Å². The fourth-order valence-corrected chi connectivity index (χ4v) is 6.03. The van der Waals surface area contributed by atoms with E-state index in [2.05, 4.69) is 4.98 Å². The van der Waals surface area contributed by atoms with Crippen molar-refractivity contribution in [2.45, 2.75) is 10.1 Å². The maximum absolute atomic E-state index is 14.8. The summed E-state index contributed by atoms with van der Waals surface area (Å²) >= 11 is 11.8. The van der Waals surface area contributed by atoms with Crippen molar-refractivity contribution in [3.63, 3.8) is 0 Å². The number of carboxylic acid groups (broad SMARTS) is 1. The number of nitrogens with one attached hydrogen (secondary N) is 1. The highest BCUT2D eigenvalue weighted by Crippen LogP contribution is 2.40. The number of hydrogen-bond acceptors (Lipinski definition) is 6. The van der Waals surface area contributed by atoms with E-state index in [1.807, 2.05) is 4.72 Å². The van der Waals surface area contributed by atoms with Gasteiger partial charge in [0.2, 0.25) is 10.0 Å². The van der Waals surface area contributed by atoms with Gasteiger partial charge in [-0.25, -0.2) is 30.6 Å². The number of carbonyl (C=O) groups is 1. The van der Waals surface area contributed by atoms with E-state index in [9.17, 15) is 30.4 Å². The van der Waals surface area contributed by atoms with Crippen LogP contribution in [0, 0.1) is 11.6 Å². The predicted octanol–water partition coefficient (Wildman–Crippen LogP) is 4.06. The van der Waals surface area contributed by atoms with Crippen LogP contribution in [0.4, 0.5) is 14.6 Å². The standard InChI is InChI=1S/C20H14Cl2F2N2O6S2/c21-11-1-4-14(5-2-11)34(31,32)19(15-8-13(23)3-6-17(15)24)16-7-12(22)9-25-20(16)26-33(29,30)10-18(27)28/h1-9,19H,10H2,(H,25,26)(H,27,28). The summed E-state index contributed by atoms with van der Waals surface area (Å²) in [5, 5.41) is 6.87. The Hall–Kier alpha value is -2.80. The molecular formula is C20H14Cl2F2N2O6S2. The molecule has 1 unspecified atom stereocenters. The fraction of sp³-hybridized carbons (Fsp3) is 0.100. The minimum atomic E-state index is -4.60. The second-order valence-corrected chi connectivity index (χ2v) is 11.5. The highest BCUT2D eigenvalue weighted by Gasteiger charge is 2.36. The van der Waals surface area contributed by atoms with Crippen molar-refractivity contribution in [3.8, 4) is 0 Å². The van der Waals surface area contributed by atoms with E-state index in [0.29, 0.717) is 12.1 Å². The van der Waals surface area contributed by atoms with Crippen LogP contribution in [0.5, 0.6) is 0 Å². The van der Waals surface area contributed by atoms with Crippen LogP contribution in [-0.2, 0) is 24.7 Å². The molecule has 8 nitrogen and oxygen atoms in total. The molecular weight excluding hydrogens is 537 g/mol. The summed E-state index contributed by atoms with van der Waals surface area (Å²) in [4.78, 5) is 14.3. The number of halogens is 4. The second kappa shape index (κ2) is 9.82. The van der Waals surface area contributed by atoms with Gasteiger partial charge in [0.05, 0.1) is 9.92 Å². The number of hydrogen-bond donors (Lipinski definition) is 2. The van der Waals surface area contributed by atoms with Crippen molar-refractivity contribution >= 4 is 54.8 Å². The van der Waals surface area contributed by atoms with Gasteiger partial charge in [0.15, 0.2) is 15.6 Å². The first-order valence-electron chi connectivity index (χ1n) is 9.12. The van der Waals surface area contributed by atoms with E-state index in [4.69, 9.17) is 28.3 Å². The second-order valence-electron chi connectivity index (χ2n) is 6.89. The number of carboxylic acids is 1. The topological polar surface area (TPSA) is 130 Å². The van der Waals surface area contributed by atoms with Gasteiger partial charge >= 0.3 is 5.97 Å². The molecule has 0 aliphatic heterocycles. The zero-order valence-electron chi connectivity index (χ0n) is 16.7. The Morgan fingerprint density at radius 3 is 2.24 bits per heavy atom. The van der Waals surface area contributed by atoms with Crippen LogP contribution in [0.15, 0.2) is 59.6 Å². The molecule has 1 aromatic heterocycles. The quantitative estimate of drug-likeness (QED) is 0.432. The first-order chi connectivity index (χ1) is 15.8. The highest BCUT2D eigenvalue weighted by molar-refractivity contribution is 7.93. The summed E-state index contributed by atoms with van der Waals surface area (Å²) in [5.74, 6) is -5.75. The van der Waals surface area contributed by atoms with Crippen LogP contribution in [0.25, 0.3) is 0 Å². The molecule has 0 aliphatic rings. The van der Waals surface area contributed by atoms with Gasteiger partial charge in [0.25, 0.3) is 0 Å². The number of aromatic nitrogens is 1. The molecule has 0 saturated heterocycles. The molecule has 0 radical (unpaired) electrons. The summed E-state index contributed by atoms with van der Waals surface area (Å²) in [6, 6.07) is 7.93. The van der Waals surface area contributed by atoms with Crippen molar-refractivity contribution in [2.24, 2.45) is 0 Å². The van der Waals surface area contributed by atoms with E-state index >= 15 is 0 Å². The molecule has 2 aromatic carbocycles. The first kappa shape index (κ1) is 25.8. The molecule has 0 saturated carbocycles. The fourth-order valence-electron chi connectivity index (χ4n) is 3.06. The Morgan fingerprint density at radius 2 is 1.62 bits per heavy atom. The van der Waals surface area contributed by atoms with Crippen LogP contribution in [-0.4, -0.2) is 38.6 Å². The molecule has 1 atom stereocenters. The van der Waals surface area contributed by atoms with E-state index in [-0.39, 0.29) is 14.9 Å². The number of sulfonamides is 1. The Kier molecular flexibility index (Phi) is 7.46. The van der Waals surface area contributed by atoms with Crippen LogP contribution in [0.1, 0.15) is 16.4 Å². The summed E-state index contributed by atoms with van der Waals surface area (Å²) in [6.45, 7) is 0. The third-order valence-electron chi connectivity index (χ3n) is 4.42. The van der Waals surface area contributed by atoms with Crippen molar-refractivity contribution < 1.29 is 35.5 Å².